The van der Waals surface area contributed by atoms with E-state index >= 15 is 0 Å². The van der Waals surface area contributed by atoms with Crippen LogP contribution in [-0.4, -0.2) is 29.1 Å². The molecule has 0 bridgehead atoms. The summed E-state index contributed by atoms with van der Waals surface area (Å²) in [4.78, 5) is 15.6. The summed E-state index contributed by atoms with van der Waals surface area (Å²) in [7, 11) is 1.65. The lowest BCUT2D eigenvalue weighted by Gasteiger charge is -2.29. The number of Topliss-reactive ketones (excluding diaryl/α,β-unsaturated/α-hetero) is 1. The van der Waals surface area contributed by atoms with Crippen LogP contribution in [0, 0.1) is 6.92 Å². The van der Waals surface area contributed by atoms with Gasteiger partial charge in [0.15, 0.2) is 5.76 Å². The molecule has 4 aromatic rings. The first-order chi connectivity index (χ1) is 17.1. The normalized spacial score (nSPS) is 16.3. The number of methoxy groups -OCH3 is 1. The molecule has 0 atom stereocenters. The van der Waals surface area contributed by atoms with Gasteiger partial charge in [0.1, 0.15) is 29.7 Å². The molecule has 6 rings (SSSR count). The molecule has 2 aliphatic heterocycles. The van der Waals surface area contributed by atoms with Crippen LogP contribution in [-0.2, 0) is 19.6 Å². The van der Waals surface area contributed by atoms with Gasteiger partial charge in [0.2, 0.25) is 5.78 Å². The summed E-state index contributed by atoms with van der Waals surface area (Å²) >= 11 is 0. The van der Waals surface area contributed by atoms with Crippen LogP contribution >= 0.6 is 0 Å². The number of hydrogen-bond acceptors (Lipinski definition) is 6. The third kappa shape index (κ3) is 3.59. The Hall–Kier alpha value is -3.97. The molecule has 7 heteroatoms. The third-order valence-corrected chi connectivity index (χ3v) is 6.71. The Labute approximate surface area is 203 Å². The average Bonchev–Trinajstić information content (AvgIpc) is 3.58. The standard InChI is InChI=1S/C28H26N2O5/c1-4-30-14-18(22-12-20(32-3)7-8-24(22)30)11-25-26(31)23-10-19-13-29(15-21-6-5-9-33-21)16-34-27(19)17(2)28(23)35-25/h5-12,14H,4,13,15-16H2,1-3H3/b25-11-. The Balaban J connectivity index is 1.35. The maximum atomic E-state index is 13.4. The number of ketones is 1. The molecule has 0 unspecified atom stereocenters. The van der Waals surface area contributed by atoms with E-state index in [1.807, 2.05) is 55.6 Å². The first kappa shape index (κ1) is 21.6. The van der Waals surface area contributed by atoms with Gasteiger partial charge < -0.3 is 23.2 Å². The van der Waals surface area contributed by atoms with Crippen LogP contribution in [0.5, 0.6) is 17.2 Å². The molecule has 0 amide bonds. The number of ether oxygens (including phenoxy) is 3. The van der Waals surface area contributed by atoms with E-state index in [2.05, 4.69) is 16.4 Å². The molecule has 0 saturated heterocycles. The van der Waals surface area contributed by atoms with Crippen molar-refractivity contribution >= 4 is 22.8 Å². The minimum absolute atomic E-state index is 0.116. The topological polar surface area (TPSA) is 66.1 Å². The summed E-state index contributed by atoms with van der Waals surface area (Å²) in [5.41, 5.74) is 4.40. The minimum atomic E-state index is -0.116. The second-order valence-electron chi connectivity index (χ2n) is 8.90. The molecule has 0 spiro atoms. The van der Waals surface area contributed by atoms with Gasteiger partial charge in [0.05, 0.1) is 25.5 Å². The number of benzene rings is 2. The largest absolute Gasteiger partial charge is 0.497 e. The van der Waals surface area contributed by atoms with E-state index in [-0.39, 0.29) is 5.78 Å². The van der Waals surface area contributed by atoms with Gasteiger partial charge in [-0.1, -0.05) is 0 Å². The van der Waals surface area contributed by atoms with Crippen molar-refractivity contribution in [2.75, 3.05) is 13.8 Å². The zero-order valence-corrected chi connectivity index (χ0v) is 20.0. The average molecular weight is 471 g/mol. The fourth-order valence-corrected chi connectivity index (χ4v) is 4.97. The van der Waals surface area contributed by atoms with Crippen molar-refractivity contribution in [3.8, 4) is 17.2 Å². The van der Waals surface area contributed by atoms with E-state index in [1.165, 1.54) is 0 Å². The van der Waals surface area contributed by atoms with Crippen LogP contribution in [0.25, 0.3) is 17.0 Å². The lowest BCUT2D eigenvalue weighted by Crippen LogP contribution is -2.31. The van der Waals surface area contributed by atoms with E-state index in [9.17, 15) is 4.79 Å². The summed E-state index contributed by atoms with van der Waals surface area (Å²) in [6.07, 6.45) is 5.55. The number of carbonyl (C=O) groups is 1. The molecule has 0 radical (unpaired) electrons. The molecule has 0 fully saturated rings. The Morgan fingerprint density at radius 2 is 2.06 bits per heavy atom. The van der Waals surface area contributed by atoms with Crippen molar-refractivity contribution < 1.29 is 23.4 Å². The van der Waals surface area contributed by atoms with E-state index in [4.69, 9.17) is 18.6 Å². The maximum Gasteiger partial charge on any atom is 0.231 e. The molecule has 4 heterocycles. The number of furan rings is 1. The molecular formula is C28H26N2O5. The van der Waals surface area contributed by atoms with Crippen molar-refractivity contribution in [1.82, 2.24) is 9.47 Å². The Kier molecular flexibility index (Phi) is 5.15. The lowest BCUT2D eigenvalue weighted by atomic mass is 10.00. The van der Waals surface area contributed by atoms with Gasteiger partial charge in [0, 0.05) is 46.9 Å². The number of aromatic nitrogens is 1. The third-order valence-electron chi connectivity index (χ3n) is 6.71. The number of fused-ring (bicyclic) bond motifs is 3. The predicted molar refractivity (Wildman–Crippen MR) is 132 cm³/mol. The number of rotatable bonds is 5. The predicted octanol–water partition coefficient (Wildman–Crippen LogP) is 5.54. The zero-order chi connectivity index (χ0) is 24.1. The number of nitrogens with zero attached hydrogens (tertiary/aromatic N) is 2. The molecule has 35 heavy (non-hydrogen) atoms. The van der Waals surface area contributed by atoms with Crippen LogP contribution in [0.3, 0.4) is 0 Å². The van der Waals surface area contributed by atoms with Gasteiger partial charge in [-0.15, -0.1) is 0 Å². The van der Waals surface area contributed by atoms with Gasteiger partial charge in [-0.05, 0) is 56.3 Å². The summed E-state index contributed by atoms with van der Waals surface area (Å²) in [6.45, 7) is 6.62. The highest BCUT2D eigenvalue weighted by molar-refractivity contribution is 6.15. The lowest BCUT2D eigenvalue weighted by molar-refractivity contribution is 0.0813. The Morgan fingerprint density at radius 3 is 2.83 bits per heavy atom. The SMILES string of the molecule is CCn1cc(/C=C2\Oc3c(cc4c(c3C)OCN(Cc3ccco3)C4)C2=O)c2cc(OC)ccc21. The first-order valence-corrected chi connectivity index (χ1v) is 11.7. The monoisotopic (exact) mass is 470 g/mol. The van der Waals surface area contributed by atoms with Crippen LogP contribution in [0.15, 0.2) is 59.0 Å². The smallest absolute Gasteiger partial charge is 0.231 e. The molecular weight excluding hydrogens is 444 g/mol. The number of carbonyl (C=O) groups excluding carboxylic acids is 1. The van der Waals surface area contributed by atoms with E-state index in [0.29, 0.717) is 36.9 Å². The van der Waals surface area contributed by atoms with Crippen molar-refractivity contribution in [3.05, 3.63) is 82.6 Å². The number of hydrogen-bond donors (Lipinski definition) is 0. The van der Waals surface area contributed by atoms with Crippen molar-refractivity contribution in [2.24, 2.45) is 0 Å². The molecule has 2 aliphatic rings. The van der Waals surface area contributed by atoms with Gasteiger partial charge in [-0.2, -0.15) is 0 Å². The second-order valence-corrected chi connectivity index (χ2v) is 8.90. The highest BCUT2D eigenvalue weighted by Crippen LogP contribution is 2.43. The minimum Gasteiger partial charge on any atom is -0.497 e. The van der Waals surface area contributed by atoms with Crippen LogP contribution in [0.4, 0.5) is 0 Å². The highest BCUT2D eigenvalue weighted by Gasteiger charge is 2.34. The number of allylic oxidation sites excluding steroid dienone is 1. The van der Waals surface area contributed by atoms with E-state index < -0.39 is 0 Å². The fraction of sp³-hybridized carbons (Fsp3) is 0.250. The van der Waals surface area contributed by atoms with E-state index in [1.54, 1.807) is 13.4 Å². The fourth-order valence-electron chi connectivity index (χ4n) is 4.97. The van der Waals surface area contributed by atoms with Crippen molar-refractivity contribution in [1.29, 1.82) is 0 Å². The van der Waals surface area contributed by atoms with Gasteiger partial charge in [-0.3, -0.25) is 9.69 Å². The summed E-state index contributed by atoms with van der Waals surface area (Å²) in [6, 6.07) is 11.7. The van der Waals surface area contributed by atoms with E-state index in [0.717, 1.165) is 51.4 Å². The quantitative estimate of drug-likeness (QED) is 0.357. The maximum absolute atomic E-state index is 13.4. The first-order valence-electron chi connectivity index (χ1n) is 11.7. The van der Waals surface area contributed by atoms with Gasteiger partial charge >= 0.3 is 0 Å². The Bertz CT molecular complexity index is 1480. The van der Waals surface area contributed by atoms with Crippen molar-refractivity contribution in [2.45, 2.75) is 33.5 Å². The zero-order valence-electron chi connectivity index (χ0n) is 20.0. The second kappa shape index (κ2) is 8.36. The van der Waals surface area contributed by atoms with Crippen LogP contribution < -0.4 is 14.2 Å². The summed E-state index contributed by atoms with van der Waals surface area (Å²) in [5, 5.41) is 1.01. The summed E-state index contributed by atoms with van der Waals surface area (Å²) < 4.78 is 25.3. The van der Waals surface area contributed by atoms with Gasteiger partial charge in [0.25, 0.3) is 0 Å². The van der Waals surface area contributed by atoms with Gasteiger partial charge in [-0.25, -0.2) is 0 Å². The molecule has 0 saturated carbocycles. The Morgan fingerprint density at radius 1 is 1.17 bits per heavy atom. The summed E-state index contributed by atoms with van der Waals surface area (Å²) in [5.74, 6) is 3.22. The van der Waals surface area contributed by atoms with Crippen LogP contribution in [0.2, 0.25) is 0 Å². The molecule has 0 aliphatic carbocycles. The highest BCUT2D eigenvalue weighted by atomic mass is 16.5. The molecule has 0 N–H and O–H groups in total. The molecule has 7 nitrogen and oxygen atoms in total. The van der Waals surface area contributed by atoms with Crippen LogP contribution in [0.1, 0.15) is 39.7 Å². The number of aryl methyl sites for hydroxylation is 1. The molecule has 2 aromatic heterocycles. The molecule has 2 aromatic carbocycles. The molecule has 178 valence electrons. The van der Waals surface area contributed by atoms with Crippen molar-refractivity contribution in [3.63, 3.8) is 0 Å².